The molecular formula is C10H10NO. The Morgan fingerprint density at radius 2 is 1.92 bits per heavy atom. The highest BCUT2D eigenvalue weighted by Crippen LogP contribution is 2.12. The largest absolute Gasteiger partial charge is 0.273 e. The lowest BCUT2D eigenvalue weighted by Crippen LogP contribution is -2.16. The van der Waals surface area contributed by atoms with Gasteiger partial charge in [0, 0.05) is 6.54 Å². The topological polar surface area (TPSA) is 31.2 Å². The molecular weight excluding hydrogens is 150 g/mol. The molecule has 0 aromatic heterocycles. The molecule has 1 amide bonds. The average Bonchev–Trinajstić information content (AvgIpc) is 2.25. The van der Waals surface area contributed by atoms with Gasteiger partial charge in [-0.2, -0.15) is 0 Å². The van der Waals surface area contributed by atoms with Crippen LogP contribution in [-0.4, -0.2) is 12.5 Å². The monoisotopic (exact) mass is 160 g/mol. The van der Waals surface area contributed by atoms with Gasteiger partial charge in [-0.05, 0) is 17.5 Å². The predicted octanol–water partition coefficient (Wildman–Crippen LogP) is 0.916. The molecule has 2 nitrogen and oxygen atoms in total. The summed E-state index contributed by atoms with van der Waals surface area (Å²) in [6.07, 6.45) is 1.39. The summed E-state index contributed by atoms with van der Waals surface area (Å²) in [7, 11) is 0. The van der Waals surface area contributed by atoms with Crippen LogP contribution in [0.5, 0.6) is 0 Å². The number of benzene rings is 1. The van der Waals surface area contributed by atoms with Gasteiger partial charge < -0.3 is 0 Å². The van der Waals surface area contributed by atoms with E-state index in [1.807, 2.05) is 18.2 Å². The Kier molecular flexibility index (Phi) is 1.82. The lowest BCUT2D eigenvalue weighted by atomic mass is 10.0. The first kappa shape index (κ1) is 7.35. The number of fused-ring (bicyclic) bond motifs is 1. The van der Waals surface area contributed by atoms with E-state index in [9.17, 15) is 4.79 Å². The van der Waals surface area contributed by atoms with Crippen LogP contribution >= 0.6 is 0 Å². The molecule has 0 saturated heterocycles. The number of carbonyl (C=O) groups is 1. The molecule has 0 fully saturated rings. The normalized spacial score (nSPS) is 16.2. The fourth-order valence-electron chi connectivity index (χ4n) is 1.49. The highest BCUT2D eigenvalue weighted by Gasteiger charge is 2.12. The lowest BCUT2D eigenvalue weighted by molar-refractivity contribution is -0.120. The Bertz CT molecular complexity index is 306. The van der Waals surface area contributed by atoms with Crippen LogP contribution < -0.4 is 5.32 Å². The summed E-state index contributed by atoms with van der Waals surface area (Å²) in [5.74, 6) is 0.0138. The standard InChI is InChI=1S/C10H10NO/c12-10-7-9-4-2-1-3-8(9)5-6-11-10/h1-4H,5-7H2. The van der Waals surface area contributed by atoms with Crippen molar-refractivity contribution in [2.24, 2.45) is 0 Å². The Morgan fingerprint density at radius 3 is 2.75 bits per heavy atom. The molecule has 1 heterocycles. The minimum absolute atomic E-state index is 0.0138. The summed E-state index contributed by atoms with van der Waals surface area (Å²) in [6.45, 7) is 0.649. The number of carbonyl (C=O) groups excluding carboxylic acids is 1. The van der Waals surface area contributed by atoms with Gasteiger partial charge in [-0.1, -0.05) is 24.3 Å². The molecule has 0 atom stereocenters. The molecule has 0 N–H and O–H groups in total. The Labute approximate surface area is 71.6 Å². The molecule has 1 aliphatic rings. The van der Waals surface area contributed by atoms with Crippen LogP contribution in [0.2, 0.25) is 0 Å². The van der Waals surface area contributed by atoms with Gasteiger partial charge in [0.1, 0.15) is 0 Å². The highest BCUT2D eigenvalue weighted by molar-refractivity contribution is 5.79. The van der Waals surface area contributed by atoms with Crippen molar-refractivity contribution in [1.82, 2.24) is 5.32 Å². The third-order valence-corrected chi connectivity index (χ3v) is 2.13. The van der Waals surface area contributed by atoms with E-state index in [1.54, 1.807) is 0 Å². The van der Waals surface area contributed by atoms with Gasteiger partial charge in [0.15, 0.2) is 0 Å². The third-order valence-electron chi connectivity index (χ3n) is 2.13. The summed E-state index contributed by atoms with van der Waals surface area (Å²) in [5, 5.41) is 3.90. The average molecular weight is 160 g/mol. The van der Waals surface area contributed by atoms with Crippen LogP contribution in [0.4, 0.5) is 0 Å². The summed E-state index contributed by atoms with van der Waals surface area (Å²) in [4.78, 5) is 11.1. The maximum Gasteiger partial charge on any atom is 0.245 e. The van der Waals surface area contributed by atoms with Gasteiger partial charge in [-0.3, -0.25) is 10.1 Å². The molecule has 1 aromatic carbocycles. The van der Waals surface area contributed by atoms with E-state index >= 15 is 0 Å². The minimum Gasteiger partial charge on any atom is -0.273 e. The first-order chi connectivity index (χ1) is 5.86. The zero-order valence-corrected chi connectivity index (χ0v) is 6.79. The fraction of sp³-hybridized carbons (Fsp3) is 0.300. The van der Waals surface area contributed by atoms with E-state index in [1.165, 1.54) is 5.56 Å². The van der Waals surface area contributed by atoms with Crippen molar-refractivity contribution in [1.29, 1.82) is 0 Å². The Morgan fingerprint density at radius 1 is 1.17 bits per heavy atom. The second kappa shape index (κ2) is 2.97. The van der Waals surface area contributed by atoms with Crippen LogP contribution in [-0.2, 0) is 17.6 Å². The minimum atomic E-state index is 0.0138. The van der Waals surface area contributed by atoms with E-state index < -0.39 is 0 Å². The smallest absolute Gasteiger partial charge is 0.245 e. The Hall–Kier alpha value is -1.31. The van der Waals surface area contributed by atoms with E-state index in [-0.39, 0.29) is 5.91 Å². The lowest BCUT2D eigenvalue weighted by Gasteiger charge is -2.00. The predicted molar refractivity (Wildman–Crippen MR) is 45.9 cm³/mol. The Balaban J connectivity index is 2.37. The first-order valence-electron chi connectivity index (χ1n) is 4.13. The van der Waals surface area contributed by atoms with Crippen LogP contribution in [0, 0.1) is 0 Å². The highest BCUT2D eigenvalue weighted by atomic mass is 16.1. The number of rotatable bonds is 0. The number of amides is 1. The molecule has 2 rings (SSSR count). The molecule has 12 heavy (non-hydrogen) atoms. The quantitative estimate of drug-likeness (QED) is 0.555. The van der Waals surface area contributed by atoms with Crippen molar-refractivity contribution in [3.63, 3.8) is 0 Å². The number of hydrogen-bond donors (Lipinski definition) is 0. The second-order valence-corrected chi connectivity index (χ2v) is 2.97. The molecule has 1 radical (unpaired) electrons. The van der Waals surface area contributed by atoms with E-state index in [4.69, 9.17) is 0 Å². The van der Waals surface area contributed by atoms with Gasteiger partial charge in [0.2, 0.25) is 5.91 Å². The molecule has 0 saturated carbocycles. The van der Waals surface area contributed by atoms with Gasteiger partial charge in [0.25, 0.3) is 0 Å². The maximum atomic E-state index is 11.1. The molecule has 0 bridgehead atoms. The van der Waals surface area contributed by atoms with Crippen molar-refractivity contribution in [3.05, 3.63) is 35.4 Å². The van der Waals surface area contributed by atoms with Crippen LogP contribution in [0.3, 0.4) is 0 Å². The third kappa shape index (κ3) is 1.33. The van der Waals surface area contributed by atoms with Crippen molar-refractivity contribution in [2.75, 3.05) is 6.54 Å². The van der Waals surface area contributed by atoms with E-state index in [0.717, 1.165) is 12.0 Å². The molecule has 0 unspecified atom stereocenters. The van der Waals surface area contributed by atoms with E-state index in [0.29, 0.717) is 13.0 Å². The molecule has 1 aromatic rings. The van der Waals surface area contributed by atoms with Crippen LogP contribution in [0.25, 0.3) is 0 Å². The summed E-state index contributed by atoms with van der Waals surface area (Å²) in [6, 6.07) is 8.06. The van der Waals surface area contributed by atoms with Crippen LogP contribution in [0.15, 0.2) is 24.3 Å². The van der Waals surface area contributed by atoms with Crippen LogP contribution in [0.1, 0.15) is 11.1 Å². The SMILES string of the molecule is O=C1Cc2ccccc2CC[N]1. The number of nitrogens with zero attached hydrogens (tertiary/aromatic N) is 1. The zero-order chi connectivity index (χ0) is 8.39. The van der Waals surface area contributed by atoms with Crippen molar-refractivity contribution in [2.45, 2.75) is 12.8 Å². The summed E-state index contributed by atoms with van der Waals surface area (Å²) in [5.41, 5.74) is 2.41. The summed E-state index contributed by atoms with van der Waals surface area (Å²) < 4.78 is 0. The maximum absolute atomic E-state index is 11.1. The van der Waals surface area contributed by atoms with Crippen molar-refractivity contribution in [3.8, 4) is 0 Å². The molecule has 0 aliphatic carbocycles. The van der Waals surface area contributed by atoms with Gasteiger partial charge >= 0.3 is 0 Å². The van der Waals surface area contributed by atoms with Gasteiger partial charge in [0.05, 0.1) is 6.42 Å². The van der Waals surface area contributed by atoms with Crippen molar-refractivity contribution < 1.29 is 4.79 Å². The fourth-order valence-corrected chi connectivity index (χ4v) is 1.49. The van der Waals surface area contributed by atoms with E-state index in [2.05, 4.69) is 11.4 Å². The molecule has 2 heteroatoms. The second-order valence-electron chi connectivity index (χ2n) is 2.97. The molecule has 61 valence electrons. The molecule has 0 spiro atoms. The van der Waals surface area contributed by atoms with Gasteiger partial charge in [-0.15, -0.1) is 0 Å². The zero-order valence-electron chi connectivity index (χ0n) is 6.79. The summed E-state index contributed by atoms with van der Waals surface area (Å²) >= 11 is 0. The van der Waals surface area contributed by atoms with Crippen molar-refractivity contribution >= 4 is 5.91 Å². The molecule has 1 aliphatic heterocycles. The van der Waals surface area contributed by atoms with Gasteiger partial charge in [-0.25, -0.2) is 0 Å². The first-order valence-corrected chi connectivity index (χ1v) is 4.13. The number of hydrogen-bond acceptors (Lipinski definition) is 1.